The molecule has 0 spiro atoms. The van der Waals surface area contributed by atoms with Crippen LogP contribution in [0.1, 0.15) is 41.5 Å². The molecule has 2 unspecified atom stereocenters. The van der Waals surface area contributed by atoms with E-state index in [1.54, 1.807) is 30.5 Å². The summed E-state index contributed by atoms with van der Waals surface area (Å²) in [5.41, 5.74) is 2.66. The first kappa shape index (κ1) is 24.1. The van der Waals surface area contributed by atoms with Crippen LogP contribution in [-0.2, 0) is 11.2 Å². The highest BCUT2D eigenvalue weighted by molar-refractivity contribution is 7.90. The van der Waals surface area contributed by atoms with Crippen molar-refractivity contribution in [1.82, 2.24) is 24.8 Å². The highest BCUT2D eigenvalue weighted by atomic mass is 35.5. The smallest absolute Gasteiger partial charge is 0.255 e. The van der Waals surface area contributed by atoms with Crippen molar-refractivity contribution in [3.8, 4) is 0 Å². The second kappa shape index (κ2) is 10.2. The van der Waals surface area contributed by atoms with Crippen LogP contribution < -0.4 is 5.32 Å². The van der Waals surface area contributed by atoms with Gasteiger partial charge in [0.15, 0.2) is 0 Å². The van der Waals surface area contributed by atoms with E-state index in [-0.39, 0.29) is 11.9 Å². The standard InChI is InChI=1S/C24H24Cl2N6O2S/c1-35(34)9-6-19(23-29-18-5-4-14(25)10-21(18)31-23)30-22-16-11-17(26)15(12-20(16)27-13-28-22)24(33)32-7-2-3-8-32/h4-5,10-13,19H,2-3,6-9H2,1H3,(H,29,31)(H,27,28,30). The summed E-state index contributed by atoms with van der Waals surface area (Å²) in [7, 11) is 0. The maximum absolute atomic E-state index is 12.9. The molecule has 2 N–H and O–H groups in total. The number of nitrogens with one attached hydrogen (secondary N) is 2. The molecule has 1 saturated heterocycles. The van der Waals surface area contributed by atoms with Crippen molar-refractivity contribution < 1.29 is 9.35 Å². The number of amides is 1. The molecule has 5 rings (SSSR count). The fourth-order valence-electron chi connectivity index (χ4n) is 4.34. The van der Waals surface area contributed by atoms with Gasteiger partial charge < -0.3 is 19.8 Å². The number of halogens is 2. The van der Waals surface area contributed by atoms with Crippen molar-refractivity contribution in [1.29, 1.82) is 0 Å². The van der Waals surface area contributed by atoms with E-state index < -0.39 is 11.2 Å². The number of anilines is 1. The van der Waals surface area contributed by atoms with Gasteiger partial charge in [-0.15, -0.1) is 0 Å². The van der Waals surface area contributed by atoms with Crippen molar-refractivity contribution in [3.05, 3.63) is 58.1 Å². The number of aromatic amines is 1. The zero-order chi connectivity index (χ0) is 24.5. The number of imidazole rings is 1. The summed E-state index contributed by atoms with van der Waals surface area (Å²) >= 11 is 11.7. The van der Waals surface area contributed by atoms with E-state index in [2.05, 4.69) is 20.3 Å². The minimum atomic E-state index is -0.979. The van der Waals surface area contributed by atoms with Crippen LogP contribution in [0.5, 0.6) is 0 Å². The number of likely N-dealkylation sites (tertiary alicyclic amines) is 1. The minimum absolute atomic E-state index is 0.0771. The zero-order valence-corrected chi connectivity index (χ0v) is 21.4. The number of nitrogens with zero attached hydrogens (tertiary/aromatic N) is 4. The monoisotopic (exact) mass is 530 g/mol. The van der Waals surface area contributed by atoms with E-state index >= 15 is 0 Å². The molecule has 4 aromatic rings. The van der Waals surface area contributed by atoms with E-state index in [0.29, 0.717) is 50.3 Å². The molecule has 2 aromatic carbocycles. The van der Waals surface area contributed by atoms with Crippen LogP contribution in [0.3, 0.4) is 0 Å². The van der Waals surface area contributed by atoms with Gasteiger partial charge in [0, 0.05) is 29.9 Å². The van der Waals surface area contributed by atoms with Crippen LogP contribution in [0, 0.1) is 0 Å². The second-order valence-corrected chi connectivity index (χ2v) is 11.0. The lowest BCUT2D eigenvalue weighted by Crippen LogP contribution is -2.27. The average molecular weight is 531 g/mol. The van der Waals surface area contributed by atoms with Crippen molar-refractivity contribution in [2.24, 2.45) is 0 Å². The highest BCUT2D eigenvalue weighted by Gasteiger charge is 2.24. The molecule has 0 saturated carbocycles. The van der Waals surface area contributed by atoms with Gasteiger partial charge in [-0.05, 0) is 43.2 Å². The summed E-state index contributed by atoms with van der Waals surface area (Å²) in [6.07, 6.45) is 5.70. The molecule has 3 heterocycles. The third-order valence-electron chi connectivity index (χ3n) is 6.15. The third kappa shape index (κ3) is 5.18. The highest BCUT2D eigenvalue weighted by Crippen LogP contribution is 2.31. The fraction of sp³-hybridized carbons (Fsp3) is 0.333. The largest absolute Gasteiger partial charge is 0.617 e. The van der Waals surface area contributed by atoms with Gasteiger partial charge in [-0.1, -0.05) is 34.4 Å². The number of aromatic nitrogens is 4. The Bertz CT molecular complexity index is 1390. The van der Waals surface area contributed by atoms with Crippen LogP contribution in [0.15, 0.2) is 36.7 Å². The first-order valence-corrected chi connectivity index (χ1v) is 13.8. The van der Waals surface area contributed by atoms with Gasteiger partial charge in [0.05, 0.1) is 39.4 Å². The zero-order valence-electron chi connectivity index (χ0n) is 19.1. The molecular formula is C24H24Cl2N6O2S. The summed E-state index contributed by atoms with van der Waals surface area (Å²) in [6.45, 7) is 1.49. The first-order chi connectivity index (χ1) is 16.9. The number of hydrogen-bond acceptors (Lipinski definition) is 6. The Morgan fingerprint density at radius 2 is 2.00 bits per heavy atom. The maximum atomic E-state index is 12.9. The molecule has 182 valence electrons. The molecule has 0 bridgehead atoms. The van der Waals surface area contributed by atoms with E-state index in [9.17, 15) is 9.35 Å². The van der Waals surface area contributed by atoms with Crippen molar-refractivity contribution in [2.75, 3.05) is 30.4 Å². The molecular weight excluding hydrogens is 507 g/mol. The molecule has 35 heavy (non-hydrogen) atoms. The molecule has 0 radical (unpaired) electrons. The third-order valence-corrected chi connectivity index (χ3v) is 7.50. The van der Waals surface area contributed by atoms with Crippen molar-refractivity contribution in [2.45, 2.75) is 25.3 Å². The molecule has 0 aliphatic carbocycles. The van der Waals surface area contributed by atoms with Gasteiger partial charge in [-0.3, -0.25) is 4.79 Å². The molecule has 8 nitrogen and oxygen atoms in total. The van der Waals surface area contributed by atoms with Gasteiger partial charge in [0.1, 0.15) is 23.7 Å². The van der Waals surface area contributed by atoms with Gasteiger partial charge in [0.25, 0.3) is 5.91 Å². The molecule has 1 fully saturated rings. The second-order valence-electron chi connectivity index (χ2n) is 8.62. The summed E-state index contributed by atoms with van der Waals surface area (Å²) in [5.74, 6) is 1.65. The number of H-pyrrole nitrogens is 1. The molecule has 2 atom stereocenters. The van der Waals surface area contributed by atoms with Crippen molar-refractivity contribution >= 4 is 68.0 Å². The van der Waals surface area contributed by atoms with Crippen LogP contribution in [-0.4, -0.2) is 60.4 Å². The van der Waals surface area contributed by atoms with Gasteiger partial charge in [0.2, 0.25) is 0 Å². The Balaban J connectivity index is 1.50. The summed E-state index contributed by atoms with van der Waals surface area (Å²) in [6, 6.07) is 8.64. The van der Waals surface area contributed by atoms with Crippen LogP contribution >= 0.6 is 23.2 Å². The Kier molecular flexibility index (Phi) is 7.02. The first-order valence-electron chi connectivity index (χ1n) is 11.3. The van der Waals surface area contributed by atoms with Gasteiger partial charge in [-0.2, -0.15) is 0 Å². The van der Waals surface area contributed by atoms with E-state index in [1.807, 2.05) is 11.0 Å². The molecule has 1 amide bonds. The fourth-order valence-corrected chi connectivity index (χ4v) is 5.31. The number of benzene rings is 2. The SMILES string of the molecule is C[S+]([O-])CCC(Nc1ncnc2cc(C(=O)N3CCCC3)c(Cl)cc12)c1nc2cc(Cl)ccc2[nH]1. The molecule has 11 heteroatoms. The Morgan fingerprint density at radius 1 is 1.20 bits per heavy atom. The average Bonchev–Trinajstić information content (AvgIpc) is 3.51. The molecule has 2 aromatic heterocycles. The van der Waals surface area contributed by atoms with E-state index in [1.165, 1.54) is 6.33 Å². The molecule has 1 aliphatic rings. The quantitative estimate of drug-likeness (QED) is 0.326. The number of hydrogen-bond donors (Lipinski definition) is 2. The van der Waals surface area contributed by atoms with Crippen LogP contribution in [0.4, 0.5) is 5.82 Å². The van der Waals surface area contributed by atoms with Gasteiger partial charge >= 0.3 is 0 Å². The topological polar surface area (TPSA) is 110 Å². The predicted molar refractivity (Wildman–Crippen MR) is 141 cm³/mol. The predicted octanol–water partition coefficient (Wildman–Crippen LogP) is 4.97. The summed E-state index contributed by atoms with van der Waals surface area (Å²) in [4.78, 5) is 31.6. The lowest BCUT2D eigenvalue weighted by molar-refractivity contribution is 0.0793. The van der Waals surface area contributed by atoms with Crippen LogP contribution in [0.25, 0.3) is 21.9 Å². The lowest BCUT2D eigenvalue weighted by atomic mass is 10.1. The number of carbonyl (C=O) groups excluding carboxylic acids is 1. The van der Waals surface area contributed by atoms with Crippen LogP contribution in [0.2, 0.25) is 10.0 Å². The normalized spacial score (nSPS) is 15.6. The molecule has 1 aliphatic heterocycles. The maximum Gasteiger partial charge on any atom is 0.255 e. The van der Waals surface area contributed by atoms with Crippen molar-refractivity contribution in [3.63, 3.8) is 0 Å². The minimum Gasteiger partial charge on any atom is -0.617 e. The summed E-state index contributed by atoms with van der Waals surface area (Å²) in [5, 5.41) is 5.09. The van der Waals surface area contributed by atoms with E-state index in [0.717, 1.165) is 37.0 Å². The van der Waals surface area contributed by atoms with Gasteiger partial charge in [-0.25, -0.2) is 15.0 Å². The lowest BCUT2D eigenvalue weighted by Gasteiger charge is -2.19. The Morgan fingerprint density at radius 3 is 2.77 bits per heavy atom. The number of rotatable bonds is 7. The Labute approximate surface area is 215 Å². The number of carbonyl (C=O) groups is 1. The Hall–Kier alpha value is -2.59. The number of fused-ring (bicyclic) bond motifs is 2. The van der Waals surface area contributed by atoms with E-state index in [4.69, 9.17) is 28.2 Å². The summed E-state index contributed by atoms with van der Waals surface area (Å²) < 4.78 is 11.9.